The summed E-state index contributed by atoms with van der Waals surface area (Å²) in [6.07, 6.45) is 0. The van der Waals surface area contributed by atoms with Crippen molar-refractivity contribution in [2.75, 3.05) is 4.90 Å². The summed E-state index contributed by atoms with van der Waals surface area (Å²) < 4.78 is 0. The Balaban J connectivity index is 1.19. The van der Waals surface area contributed by atoms with E-state index in [1.54, 1.807) is 0 Å². The van der Waals surface area contributed by atoms with Gasteiger partial charge in [-0.1, -0.05) is 208 Å². The monoisotopic (exact) mass is 765 g/mol. The summed E-state index contributed by atoms with van der Waals surface area (Å²) in [5.41, 5.74) is 18.2. The molecular formula is C59H43N. The quantitative estimate of drug-likeness (QED) is 0.146. The third-order valence-electron chi connectivity index (χ3n) is 12.6. The first-order valence-electron chi connectivity index (χ1n) is 20.9. The molecule has 0 radical (unpaired) electrons. The van der Waals surface area contributed by atoms with Crippen molar-refractivity contribution in [2.45, 2.75) is 19.3 Å². The van der Waals surface area contributed by atoms with Crippen LogP contribution in [0.2, 0.25) is 0 Å². The summed E-state index contributed by atoms with van der Waals surface area (Å²) in [5.74, 6) is 0. The van der Waals surface area contributed by atoms with Crippen LogP contribution in [0.3, 0.4) is 0 Å². The van der Waals surface area contributed by atoms with Gasteiger partial charge in [0.25, 0.3) is 0 Å². The van der Waals surface area contributed by atoms with E-state index in [4.69, 9.17) is 0 Å². The fourth-order valence-corrected chi connectivity index (χ4v) is 9.91. The van der Waals surface area contributed by atoms with Crippen molar-refractivity contribution in [3.05, 3.63) is 236 Å². The molecule has 0 fully saturated rings. The average Bonchev–Trinajstić information content (AvgIpc) is 3.55. The van der Waals surface area contributed by atoms with Crippen LogP contribution in [0.1, 0.15) is 25.0 Å². The molecule has 0 saturated heterocycles. The van der Waals surface area contributed by atoms with Gasteiger partial charge in [-0.3, -0.25) is 0 Å². The van der Waals surface area contributed by atoms with Crippen LogP contribution in [-0.4, -0.2) is 0 Å². The molecule has 0 atom stereocenters. The SMILES string of the molecule is CC1(C)c2ccccc2-c2cccc(-c3cccc(N(c4ccc5c(ccc6ccccc65)c4)c4cccc(-c5ccccc5)c4-c4ccccc4-c4ccccc4)c3)c21. The summed E-state index contributed by atoms with van der Waals surface area (Å²) in [4.78, 5) is 2.49. The Labute approximate surface area is 352 Å². The molecule has 1 aliphatic rings. The molecular weight excluding hydrogens is 723 g/mol. The van der Waals surface area contributed by atoms with Crippen molar-refractivity contribution in [2.24, 2.45) is 0 Å². The smallest absolute Gasteiger partial charge is 0.0546 e. The van der Waals surface area contributed by atoms with Crippen molar-refractivity contribution in [1.82, 2.24) is 0 Å². The van der Waals surface area contributed by atoms with Gasteiger partial charge in [0.2, 0.25) is 0 Å². The summed E-state index contributed by atoms with van der Waals surface area (Å²) >= 11 is 0. The minimum absolute atomic E-state index is 0.141. The van der Waals surface area contributed by atoms with E-state index in [2.05, 4.69) is 243 Å². The topological polar surface area (TPSA) is 3.24 Å². The molecule has 0 aliphatic heterocycles. The molecule has 0 bridgehead atoms. The van der Waals surface area contributed by atoms with Crippen LogP contribution in [0, 0.1) is 0 Å². The third-order valence-corrected chi connectivity index (χ3v) is 12.6. The van der Waals surface area contributed by atoms with Gasteiger partial charge >= 0.3 is 0 Å². The van der Waals surface area contributed by atoms with Gasteiger partial charge in [-0.05, 0) is 113 Å². The molecule has 0 heterocycles. The van der Waals surface area contributed by atoms with Gasteiger partial charge in [-0.15, -0.1) is 0 Å². The highest BCUT2D eigenvalue weighted by Crippen LogP contribution is 2.53. The molecule has 1 aliphatic carbocycles. The number of hydrogen-bond acceptors (Lipinski definition) is 1. The standard InChI is InChI=1S/C59H43N/c1-59(2)55-32-14-13-27-52(55)54-31-16-30-51(58(54)59)43-23-15-24-45(38-43)60(46-36-37-49-44(39-46)35-34-42-22-9-10-25-47(42)49)56-33-17-29-50(41-20-7-4-8-21-41)57(56)53-28-12-11-26-48(53)40-18-5-3-6-19-40/h3-39H,1-2H3. The van der Waals surface area contributed by atoms with Crippen molar-refractivity contribution < 1.29 is 0 Å². The molecule has 1 heteroatoms. The van der Waals surface area contributed by atoms with Crippen LogP contribution >= 0.6 is 0 Å². The number of benzene rings is 10. The molecule has 0 amide bonds. The van der Waals surface area contributed by atoms with Gasteiger partial charge in [0.15, 0.2) is 0 Å². The first-order chi connectivity index (χ1) is 29.5. The molecule has 10 aromatic rings. The number of rotatable bonds is 7. The largest absolute Gasteiger partial charge is 0.310 e. The van der Waals surface area contributed by atoms with E-state index in [1.807, 2.05) is 0 Å². The van der Waals surface area contributed by atoms with Gasteiger partial charge < -0.3 is 4.90 Å². The minimum Gasteiger partial charge on any atom is -0.310 e. The van der Waals surface area contributed by atoms with E-state index >= 15 is 0 Å². The fraction of sp³-hybridized carbons (Fsp3) is 0.0508. The Morgan fingerprint density at radius 2 is 0.883 bits per heavy atom. The molecule has 0 saturated carbocycles. The number of fused-ring (bicyclic) bond motifs is 6. The number of anilines is 3. The summed E-state index contributed by atoms with van der Waals surface area (Å²) in [7, 11) is 0. The lowest BCUT2D eigenvalue weighted by Gasteiger charge is -2.31. The maximum Gasteiger partial charge on any atom is 0.0546 e. The molecule has 284 valence electrons. The lowest BCUT2D eigenvalue weighted by Crippen LogP contribution is -2.16. The van der Waals surface area contributed by atoms with E-state index in [0.29, 0.717) is 0 Å². The lowest BCUT2D eigenvalue weighted by atomic mass is 9.79. The normalized spacial score (nSPS) is 12.6. The first-order valence-corrected chi connectivity index (χ1v) is 20.9. The Kier molecular flexibility index (Phi) is 8.57. The van der Waals surface area contributed by atoms with Crippen LogP contribution < -0.4 is 4.90 Å². The molecule has 0 unspecified atom stereocenters. The van der Waals surface area contributed by atoms with E-state index in [9.17, 15) is 0 Å². The number of nitrogens with zero attached hydrogens (tertiary/aromatic N) is 1. The number of hydrogen-bond donors (Lipinski definition) is 0. The van der Waals surface area contributed by atoms with Crippen LogP contribution in [-0.2, 0) is 5.41 Å². The zero-order valence-corrected chi connectivity index (χ0v) is 33.8. The molecule has 0 spiro atoms. The first kappa shape index (κ1) is 35.7. The predicted octanol–water partition coefficient (Wildman–Crippen LogP) is 16.4. The summed E-state index contributed by atoms with van der Waals surface area (Å²) in [6.45, 7) is 4.75. The van der Waals surface area contributed by atoms with E-state index in [0.717, 1.165) is 17.1 Å². The highest BCUT2D eigenvalue weighted by atomic mass is 15.1. The van der Waals surface area contributed by atoms with Crippen molar-refractivity contribution in [3.8, 4) is 55.6 Å². The van der Waals surface area contributed by atoms with E-state index in [-0.39, 0.29) is 5.41 Å². The fourth-order valence-electron chi connectivity index (χ4n) is 9.91. The Morgan fingerprint density at radius 1 is 0.333 bits per heavy atom. The zero-order chi connectivity index (χ0) is 40.2. The van der Waals surface area contributed by atoms with Crippen LogP contribution in [0.5, 0.6) is 0 Å². The summed E-state index contributed by atoms with van der Waals surface area (Å²) in [6, 6.07) is 82.5. The van der Waals surface area contributed by atoms with Crippen molar-refractivity contribution >= 4 is 38.6 Å². The highest BCUT2D eigenvalue weighted by Gasteiger charge is 2.37. The van der Waals surface area contributed by atoms with Crippen LogP contribution in [0.15, 0.2) is 224 Å². The Morgan fingerprint density at radius 3 is 1.70 bits per heavy atom. The molecule has 10 aromatic carbocycles. The molecule has 1 nitrogen and oxygen atoms in total. The van der Waals surface area contributed by atoms with Gasteiger partial charge in [0.05, 0.1) is 5.69 Å². The second-order valence-electron chi connectivity index (χ2n) is 16.5. The van der Waals surface area contributed by atoms with Crippen molar-refractivity contribution in [3.63, 3.8) is 0 Å². The maximum atomic E-state index is 2.49. The summed E-state index contributed by atoms with van der Waals surface area (Å²) in [5, 5.41) is 4.97. The van der Waals surface area contributed by atoms with Gasteiger partial charge in [-0.2, -0.15) is 0 Å². The van der Waals surface area contributed by atoms with E-state index in [1.165, 1.54) is 88.3 Å². The Bertz CT molecular complexity index is 3230. The Hall–Kier alpha value is -7.48. The van der Waals surface area contributed by atoms with Crippen molar-refractivity contribution in [1.29, 1.82) is 0 Å². The lowest BCUT2D eigenvalue weighted by molar-refractivity contribution is 0.662. The van der Waals surface area contributed by atoms with Gasteiger partial charge in [0, 0.05) is 22.4 Å². The molecule has 11 rings (SSSR count). The third kappa shape index (κ3) is 5.85. The van der Waals surface area contributed by atoms with Crippen LogP contribution in [0.4, 0.5) is 17.1 Å². The zero-order valence-electron chi connectivity index (χ0n) is 33.8. The van der Waals surface area contributed by atoms with Crippen LogP contribution in [0.25, 0.3) is 77.2 Å². The predicted molar refractivity (Wildman–Crippen MR) is 255 cm³/mol. The molecule has 0 aromatic heterocycles. The maximum absolute atomic E-state index is 2.49. The minimum atomic E-state index is -0.141. The van der Waals surface area contributed by atoms with Gasteiger partial charge in [0.1, 0.15) is 0 Å². The van der Waals surface area contributed by atoms with E-state index < -0.39 is 0 Å². The second-order valence-corrected chi connectivity index (χ2v) is 16.5. The highest BCUT2D eigenvalue weighted by molar-refractivity contribution is 6.09. The average molecular weight is 766 g/mol. The molecule has 0 N–H and O–H groups in total. The molecule has 60 heavy (non-hydrogen) atoms. The second kappa shape index (κ2) is 14.4. The van der Waals surface area contributed by atoms with Gasteiger partial charge in [-0.25, -0.2) is 0 Å².